The molecule has 2 nitrogen and oxygen atoms in total. The summed E-state index contributed by atoms with van der Waals surface area (Å²) in [5.41, 5.74) is -1.04. The molecule has 0 fully saturated rings. The lowest BCUT2D eigenvalue weighted by Gasteiger charge is -2.13. The van der Waals surface area contributed by atoms with Crippen molar-refractivity contribution in [3.8, 4) is 16.6 Å². The molecule has 0 radical (unpaired) electrons. The largest absolute Gasteiger partial charge is 0.417 e. The minimum Gasteiger partial charge on any atom is -0.239 e. The maximum absolute atomic E-state index is 13.2. The molecule has 0 aliphatic carbocycles. The van der Waals surface area contributed by atoms with E-state index in [1.54, 1.807) is 23.6 Å². The number of nitriles is 1. The summed E-state index contributed by atoms with van der Waals surface area (Å²) in [6.07, 6.45) is -3.77. The molecule has 0 saturated heterocycles. The Morgan fingerprint density at radius 1 is 1.43 bits per heavy atom. The Labute approximate surface area is 128 Å². The van der Waals surface area contributed by atoms with Crippen LogP contribution >= 0.6 is 23.1 Å². The monoisotopic (exact) mass is 328 g/mol. The summed E-state index contributed by atoms with van der Waals surface area (Å²) in [6.45, 7) is 1.92. The summed E-state index contributed by atoms with van der Waals surface area (Å²) in [7, 11) is 0. The van der Waals surface area contributed by atoms with Crippen LogP contribution in [0.4, 0.5) is 13.2 Å². The molecule has 0 atom stereocenters. The quantitative estimate of drug-likeness (QED) is 0.724. The number of halogens is 3. The Hall–Kier alpha value is -1.52. The van der Waals surface area contributed by atoms with Crippen LogP contribution in [0.1, 0.15) is 24.5 Å². The van der Waals surface area contributed by atoms with E-state index in [-0.39, 0.29) is 16.3 Å². The summed E-state index contributed by atoms with van der Waals surface area (Å²) in [5.74, 6) is 0.618. The van der Waals surface area contributed by atoms with E-state index >= 15 is 0 Å². The lowest BCUT2D eigenvalue weighted by molar-refractivity contribution is -0.138. The Balaban J connectivity index is 2.63. The maximum Gasteiger partial charge on any atom is 0.417 e. The van der Waals surface area contributed by atoms with Gasteiger partial charge in [-0.2, -0.15) is 18.4 Å². The highest BCUT2D eigenvalue weighted by atomic mass is 32.2. The van der Waals surface area contributed by atoms with Crippen LogP contribution in [0, 0.1) is 11.3 Å². The van der Waals surface area contributed by atoms with Gasteiger partial charge in [-0.05, 0) is 29.7 Å². The van der Waals surface area contributed by atoms with Gasteiger partial charge in [0.05, 0.1) is 21.7 Å². The zero-order valence-electron chi connectivity index (χ0n) is 11.1. The third-order valence-electron chi connectivity index (χ3n) is 2.62. The molecule has 0 aliphatic rings. The molecule has 2 aromatic heterocycles. The maximum atomic E-state index is 13.2. The molecule has 0 N–H and O–H groups in total. The summed E-state index contributed by atoms with van der Waals surface area (Å²) in [4.78, 5) is 4.90. The van der Waals surface area contributed by atoms with Crippen LogP contribution in [-0.2, 0) is 6.18 Å². The predicted molar refractivity (Wildman–Crippen MR) is 78.3 cm³/mol. The van der Waals surface area contributed by atoms with Gasteiger partial charge < -0.3 is 0 Å². The number of pyridine rings is 1. The zero-order valence-corrected chi connectivity index (χ0v) is 12.7. The summed E-state index contributed by atoms with van der Waals surface area (Å²) < 4.78 is 39.5. The van der Waals surface area contributed by atoms with E-state index in [9.17, 15) is 13.2 Å². The Morgan fingerprint density at radius 2 is 2.19 bits per heavy atom. The van der Waals surface area contributed by atoms with E-state index in [4.69, 9.17) is 5.26 Å². The first kappa shape index (κ1) is 15.9. The van der Waals surface area contributed by atoms with E-state index in [1.807, 2.05) is 6.92 Å². The third-order valence-corrected chi connectivity index (χ3v) is 4.69. The zero-order chi connectivity index (χ0) is 15.5. The standard InChI is InChI=1S/C14H11F3N2S2/c1-2-5-21-13-9(8-18)10(14(15,16)17)7-11(19-13)12-4-3-6-20-12/h3-4,6-7H,2,5H2,1H3. The number of hydrogen-bond acceptors (Lipinski definition) is 4. The second-order valence-electron chi connectivity index (χ2n) is 4.17. The van der Waals surface area contributed by atoms with Gasteiger partial charge in [-0.3, -0.25) is 0 Å². The van der Waals surface area contributed by atoms with Gasteiger partial charge in [0.15, 0.2) is 0 Å². The summed E-state index contributed by atoms with van der Waals surface area (Å²) in [5, 5.41) is 11.0. The van der Waals surface area contributed by atoms with Crippen LogP contribution in [0.5, 0.6) is 0 Å². The average molecular weight is 328 g/mol. The van der Waals surface area contributed by atoms with Crippen molar-refractivity contribution in [2.24, 2.45) is 0 Å². The van der Waals surface area contributed by atoms with Gasteiger partial charge in [-0.1, -0.05) is 13.0 Å². The van der Waals surface area contributed by atoms with Crippen LogP contribution in [-0.4, -0.2) is 10.7 Å². The van der Waals surface area contributed by atoms with Crippen LogP contribution in [0.3, 0.4) is 0 Å². The van der Waals surface area contributed by atoms with Crippen molar-refractivity contribution in [2.75, 3.05) is 5.75 Å². The first-order chi connectivity index (χ1) is 9.97. The molecule has 2 rings (SSSR count). The molecule has 0 amide bonds. The van der Waals surface area contributed by atoms with Gasteiger partial charge in [0.25, 0.3) is 0 Å². The predicted octanol–water partition coefficient (Wildman–Crippen LogP) is 5.20. The van der Waals surface area contributed by atoms with Crippen molar-refractivity contribution < 1.29 is 13.2 Å². The minimum atomic E-state index is -4.57. The number of hydrogen-bond donors (Lipinski definition) is 0. The van der Waals surface area contributed by atoms with E-state index in [0.717, 1.165) is 12.5 Å². The highest BCUT2D eigenvalue weighted by Crippen LogP contribution is 2.38. The summed E-state index contributed by atoms with van der Waals surface area (Å²) >= 11 is 2.50. The third kappa shape index (κ3) is 3.57. The first-order valence-electron chi connectivity index (χ1n) is 6.16. The smallest absolute Gasteiger partial charge is 0.239 e. The van der Waals surface area contributed by atoms with Crippen LogP contribution < -0.4 is 0 Å². The number of aromatic nitrogens is 1. The molecule has 7 heteroatoms. The molecule has 0 bridgehead atoms. The SMILES string of the molecule is CCCSc1nc(-c2cccs2)cc(C(F)(F)F)c1C#N. The second kappa shape index (κ2) is 6.50. The van der Waals surface area contributed by atoms with Crippen molar-refractivity contribution in [1.29, 1.82) is 5.26 Å². The molecule has 0 aliphatic heterocycles. The number of nitrogens with zero attached hydrogens (tertiary/aromatic N) is 2. The molecule has 2 heterocycles. The molecule has 0 unspecified atom stereocenters. The fourth-order valence-electron chi connectivity index (χ4n) is 1.71. The van der Waals surface area contributed by atoms with Gasteiger partial charge in [-0.25, -0.2) is 4.98 Å². The lowest BCUT2D eigenvalue weighted by Crippen LogP contribution is -2.10. The van der Waals surface area contributed by atoms with Crippen molar-refractivity contribution in [2.45, 2.75) is 24.5 Å². The molecule has 21 heavy (non-hydrogen) atoms. The Bertz CT molecular complexity index is 658. The van der Waals surface area contributed by atoms with E-state index in [0.29, 0.717) is 10.6 Å². The van der Waals surface area contributed by atoms with Crippen LogP contribution in [0.15, 0.2) is 28.6 Å². The highest BCUT2D eigenvalue weighted by molar-refractivity contribution is 7.99. The van der Waals surface area contributed by atoms with E-state index in [2.05, 4.69) is 4.98 Å². The van der Waals surface area contributed by atoms with Gasteiger partial charge >= 0.3 is 6.18 Å². The Morgan fingerprint density at radius 3 is 2.71 bits per heavy atom. The topological polar surface area (TPSA) is 36.7 Å². The van der Waals surface area contributed by atoms with Crippen molar-refractivity contribution in [3.63, 3.8) is 0 Å². The number of alkyl halides is 3. The number of thiophene rings is 1. The fraction of sp³-hybridized carbons (Fsp3) is 0.286. The molecular formula is C14H11F3N2S2. The highest BCUT2D eigenvalue weighted by Gasteiger charge is 2.36. The van der Waals surface area contributed by atoms with Crippen molar-refractivity contribution in [1.82, 2.24) is 4.98 Å². The van der Waals surface area contributed by atoms with Gasteiger partial charge in [0.1, 0.15) is 11.1 Å². The molecule has 110 valence electrons. The fourth-order valence-corrected chi connectivity index (χ4v) is 3.25. The van der Waals surface area contributed by atoms with Crippen molar-refractivity contribution in [3.05, 3.63) is 34.7 Å². The average Bonchev–Trinajstić information content (AvgIpc) is 2.97. The molecular weight excluding hydrogens is 317 g/mol. The molecule has 0 spiro atoms. The number of rotatable bonds is 4. The van der Waals surface area contributed by atoms with E-state index < -0.39 is 11.7 Å². The van der Waals surface area contributed by atoms with Gasteiger partial charge in [0, 0.05) is 0 Å². The lowest BCUT2D eigenvalue weighted by atomic mass is 10.1. The number of thioether (sulfide) groups is 1. The molecule has 0 saturated carbocycles. The van der Waals surface area contributed by atoms with Crippen LogP contribution in [0.25, 0.3) is 10.6 Å². The molecule has 2 aromatic rings. The summed E-state index contributed by atoms with van der Waals surface area (Å²) in [6, 6.07) is 6.08. The van der Waals surface area contributed by atoms with Crippen molar-refractivity contribution >= 4 is 23.1 Å². The first-order valence-corrected chi connectivity index (χ1v) is 8.03. The normalized spacial score (nSPS) is 11.4. The second-order valence-corrected chi connectivity index (χ2v) is 6.20. The van der Waals surface area contributed by atoms with Crippen LogP contribution in [0.2, 0.25) is 0 Å². The minimum absolute atomic E-state index is 0.151. The molecule has 0 aromatic carbocycles. The Kier molecular flexibility index (Phi) is 4.91. The van der Waals surface area contributed by atoms with E-state index in [1.165, 1.54) is 23.1 Å². The van der Waals surface area contributed by atoms with Gasteiger partial charge in [-0.15, -0.1) is 23.1 Å². The van der Waals surface area contributed by atoms with Gasteiger partial charge in [0.2, 0.25) is 0 Å².